The number of esters is 1. The highest BCUT2D eigenvalue weighted by atomic mass is 16.5. The minimum atomic E-state index is -0.956. The second-order valence-corrected chi connectivity index (χ2v) is 7.67. The Morgan fingerprint density at radius 3 is 2.52 bits per heavy atom. The second-order valence-electron chi connectivity index (χ2n) is 7.67. The van der Waals surface area contributed by atoms with Gasteiger partial charge in [-0.15, -0.1) is 0 Å². The Balaban J connectivity index is 1.55. The first kappa shape index (κ1) is 20.8. The summed E-state index contributed by atoms with van der Waals surface area (Å²) in [5, 5.41) is 0.476. The highest BCUT2D eigenvalue weighted by Crippen LogP contribution is 2.18. The Hall–Kier alpha value is -3.48. The van der Waals surface area contributed by atoms with Crippen LogP contribution in [0, 0.1) is 0 Å². The summed E-state index contributed by atoms with van der Waals surface area (Å²) in [6, 6.07) is 11.3. The molecule has 0 spiro atoms. The molecule has 2 aromatic carbocycles. The zero-order chi connectivity index (χ0) is 22.0. The monoisotopic (exact) mass is 420 g/mol. The number of benzene rings is 2. The van der Waals surface area contributed by atoms with Gasteiger partial charge in [0, 0.05) is 18.5 Å². The summed E-state index contributed by atoms with van der Waals surface area (Å²) in [6.07, 6.45) is 2.81. The van der Waals surface area contributed by atoms with Gasteiger partial charge < -0.3 is 9.47 Å². The van der Waals surface area contributed by atoms with E-state index < -0.39 is 12.1 Å². The SMILES string of the molecule is COc1ccc(C(=O)[C@H](C)OC(=O)c2ccc3c(=O)n4c(nc3c2)CCCCC4)cc1. The molecule has 0 radical (unpaired) electrons. The van der Waals surface area contributed by atoms with Crippen molar-refractivity contribution in [1.82, 2.24) is 9.55 Å². The third kappa shape index (κ3) is 4.21. The maximum Gasteiger partial charge on any atom is 0.338 e. The molecule has 2 heterocycles. The summed E-state index contributed by atoms with van der Waals surface area (Å²) in [4.78, 5) is 42.7. The predicted octanol–water partition coefficient (Wildman–Crippen LogP) is 3.56. The molecule has 0 unspecified atom stereocenters. The van der Waals surface area contributed by atoms with Crippen molar-refractivity contribution in [3.63, 3.8) is 0 Å². The molecule has 0 amide bonds. The average Bonchev–Trinajstić information content (AvgIpc) is 3.04. The van der Waals surface area contributed by atoms with E-state index in [2.05, 4.69) is 4.98 Å². The largest absolute Gasteiger partial charge is 0.497 e. The van der Waals surface area contributed by atoms with E-state index in [9.17, 15) is 14.4 Å². The van der Waals surface area contributed by atoms with Crippen molar-refractivity contribution in [2.75, 3.05) is 7.11 Å². The number of aromatic nitrogens is 2. The molecule has 1 atom stereocenters. The maximum atomic E-state index is 12.8. The first-order valence-corrected chi connectivity index (χ1v) is 10.4. The van der Waals surface area contributed by atoms with E-state index in [1.807, 2.05) is 0 Å². The lowest BCUT2D eigenvalue weighted by Gasteiger charge is -2.14. The van der Waals surface area contributed by atoms with Crippen molar-refractivity contribution in [2.24, 2.45) is 0 Å². The number of nitrogens with zero attached hydrogens (tertiary/aromatic N) is 2. The van der Waals surface area contributed by atoms with Gasteiger partial charge in [-0.3, -0.25) is 14.2 Å². The van der Waals surface area contributed by atoms with Crippen LogP contribution in [0.25, 0.3) is 10.9 Å². The standard InChI is InChI=1S/C24H24N2O5/c1-15(22(27)16-7-10-18(30-2)11-8-16)31-24(29)17-9-12-19-20(14-17)25-21-6-4-3-5-13-26(21)23(19)28/h7-12,14-15H,3-6,13H2,1-2H3/t15-/m0/s1. The lowest BCUT2D eigenvalue weighted by Crippen LogP contribution is -2.25. The van der Waals surface area contributed by atoms with Gasteiger partial charge in [-0.1, -0.05) is 6.42 Å². The van der Waals surface area contributed by atoms with Crippen molar-refractivity contribution in [3.05, 3.63) is 69.8 Å². The quantitative estimate of drug-likeness (QED) is 0.463. The summed E-state index contributed by atoms with van der Waals surface area (Å²) in [5.41, 5.74) is 1.08. The lowest BCUT2D eigenvalue weighted by atomic mass is 10.1. The van der Waals surface area contributed by atoms with Gasteiger partial charge >= 0.3 is 5.97 Å². The topological polar surface area (TPSA) is 87.5 Å². The van der Waals surface area contributed by atoms with Crippen molar-refractivity contribution in [1.29, 1.82) is 0 Å². The van der Waals surface area contributed by atoms with Crippen LogP contribution in [0.4, 0.5) is 0 Å². The Morgan fingerprint density at radius 2 is 1.77 bits per heavy atom. The minimum Gasteiger partial charge on any atom is -0.497 e. The van der Waals surface area contributed by atoms with Gasteiger partial charge in [-0.2, -0.15) is 0 Å². The zero-order valence-corrected chi connectivity index (χ0v) is 17.6. The van der Waals surface area contributed by atoms with Crippen molar-refractivity contribution in [2.45, 2.75) is 45.3 Å². The van der Waals surface area contributed by atoms with Gasteiger partial charge in [0.05, 0.1) is 23.6 Å². The Morgan fingerprint density at radius 1 is 1.03 bits per heavy atom. The lowest BCUT2D eigenvalue weighted by molar-refractivity contribution is 0.0319. The normalized spacial score (nSPS) is 14.4. The van der Waals surface area contributed by atoms with Crippen LogP contribution in [0.1, 0.15) is 52.7 Å². The van der Waals surface area contributed by atoms with Crippen molar-refractivity contribution >= 4 is 22.7 Å². The smallest absolute Gasteiger partial charge is 0.338 e. The predicted molar refractivity (Wildman–Crippen MR) is 116 cm³/mol. The first-order valence-electron chi connectivity index (χ1n) is 10.4. The highest BCUT2D eigenvalue weighted by Gasteiger charge is 2.21. The summed E-state index contributed by atoms with van der Waals surface area (Å²) >= 11 is 0. The fourth-order valence-corrected chi connectivity index (χ4v) is 3.82. The number of Topliss-reactive ketones (excluding diaryl/α,β-unsaturated/α-hetero) is 1. The highest BCUT2D eigenvalue weighted by molar-refractivity contribution is 6.02. The number of rotatable bonds is 5. The van der Waals surface area contributed by atoms with Gasteiger partial charge in [0.15, 0.2) is 6.10 Å². The van der Waals surface area contributed by atoms with Crippen LogP contribution < -0.4 is 10.3 Å². The fraction of sp³-hybridized carbons (Fsp3) is 0.333. The molecule has 0 saturated heterocycles. The van der Waals surface area contributed by atoms with Gasteiger partial charge in [0.25, 0.3) is 5.56 Å². The number of hydrogen-bond acceptors (Lipinski definition) is 6. The van der Waals surface area contributed by atoms with Crippen LogP contribution in [0.2, 0.25) is 0 Å². The average molecular weight is 420 g/mol. The third-order valence-electron chi connectivity index (χ3n) is 5.58. The Labute approximate surface area is 179 Å². The summed E-state index contributed by atoms with van der Waals surface area (Å²) < 4.78 is 12.2. The fourth-order valence-electron chi connectivity index (χ4n) is 3.82. The van der Waals surface area contributed by atoms with Crippen LogP contribution >= 0.6 is 0 Å². The van der Waals surface area contributed by atoms with E-state index in [1.165, 1.54) is 6.92 Å². The summed E-state index contributed by atoms with van der Waals surface area (Å²) in [6.45, 7) is 2.21. The van der Waals surface area contributed by atoms with Crippen LogP contribution in [0.5, 0.6) is 5.75 Å². The molecule has 160 valence electrons. The first-order chi connectivity index (χ1) is 15.0. The van der Waals surface area contributed by atoms with Gasteiger partial charge in [0.2, 0.25) is 5.78 Å². The number of ketones is 1. The molecule has 0 fully saturated rings. The van der Waals surface area contributed by atoms with E-state index in [0.717, 1.165) is 31.5 Å². The number of hydrogen-bond donors (Lipinski definition) is 0. The number of carbonyl (C=O) groups excluding carboxylic acids is 2. The summed E-state index contributed by atoms with van der Waals surface area (Å²) in [7, 11) is 1.55. The van der Waals surface area contributed by atoms with Crippen LogP contribution in [-0.4, -0.2) is 34.5 Å². The Bertz CT molecular complexity index is 1200. The van der Waals surface area contributed by atoms with E-state index in [0.29, 0.717) is 28.8 Å². The van der Waals surface area contributed by atoms with Crippen LogP contribution in [0.15, 0.2) is 47.3 Å². The minimum absolute atomic E-state index is 0.0788. The molecule has 7 heteroatoms. The van der Waals surface area contributed by atoms with Crippen LogP contribution in [-0.2, 0) is 17.7 Å². The van der Waals surface area contributed by atoms with E-state index in [1.54, 1.807) is 54.1 Å². The number of aryl methyl sites for hydroxylation is 1. The molecule has 1 aromatic heterocycles. The number of fused-ring (bicyclic) bond motifs is 2. The molecule has 1 aliphatic heterocycles. The van der Waals surface area contributed by atoms with Gasteiger partial charge in [-0.05, 0) is 62.2 Å². The van der Waals surface area contributed by atoms with E-state index >= 15 is 0 Å². The van der Waals surface area contributed by atoms with Gasteiger partial charge in [0.1, 0.15) is 11.6 Å². The van der Waals surface area contributed by atoms with E-state index in [-0.39, 0.29) is 16.9 Å². The molecule has 3 aromatic rings. The molecular weight excluding hydrogens is 396 g/mol. The zero-order valence-electron chi connectivity index (χ0n) is 17.6. The molecule has 0 N–H and O–H groups in total. The molecular formula is C24H24N2O5. The van der Waals surface area contributed by atoms with Crippen LogP contribution in [0.3, 0.4) is 0 Å². The molecule has 0 bridgehead atoms. The summed E-state index contributed by atoms with van der Waals surface area (Å²) in [5.74, 6) is 0.453. The molecule has 1 aliphatic rings. The molecule has 0 aliphatic carbocycles. The van der Waals surface area contributed by atoms with Crippen molar-refractivity contribution < 1.29 is 19.1 Å². The number of ether oxygens (including phenoxy) is 2. The Kier molecular flexibility index (Phi) is 5.84. The molecule has 7 nitrogen and oxygen atoms in total. The van der Waals surface area contributed by atoms with Crippen molar-refractivity contribution in [3.8, 4) is 5.75 Å². The van der Waals surface area contributed by atoms with Gasteiger partial charge in [-0.25, -0.2) is 9.78 Å². The second kappa shape index (κ2) is 8.71. The molecule has 31 heavy (non-hydrogen) atoms. The molecule has 0 saturated carbocycles. The number of carbonyl (C=O) groups is 2. The maximum absolute atomic E-state index is 12.8. The third-order valence-corrected chi connectivity index (χ3v) is 5.58. The van der Waals surface area contributed by atoms with E-state index in [4.69, 9.17) is 9.47 Å². The molecule has 4 rings (SSSR count). The number of methoxy groups -OCH3 is 1.